The highest BCUT2D eigenvalue weighted by Crippen LogP contribution is 2.23. The van der Waals surface area contributed by atoms with E-state index >= 15 is 0 Å². The Hall–Kier alpha value is -1.78. The zero-order valence-corrected chi connectivity index (χ0v) is 15.1. The lowest BCUT2D eigenvalue weighted by molar-refractivity contribution is 0.0953. The molecule has 0 aliphatic heterocycles. The largest absolute Gasteiger partial charge is 0.351 e. The summed E-state index contributed by atoms with van der Waals surface area (Å²) in [5.74, 6) is -0.00848. The molecule has 0 fully saturated rings. The van der Waals surface area contributed by atoms with E-state index < -0.39 is 0 Å². The summed E-state index contributed by atoms with van der Waals surface area (Å²) in [6.45, 7) is 10.5. The second-order valence-electron chi connectivity index (χ2n) is 5.52. The number of hydrogen-bond donors (Lipinski definition) is 2. The molecule has 23 heavy (non-hydrogen) atoms. The summed E-state index contributed by atoms with van der Waals surface area (Å²) in [5, 5.41) is 6.17. The van der Waals surface area contributed by atoms with E-state index in [-0.39, 0.29) is 18.3 Å². The fourth-order valence-electron chi connectivity index (χ4n) is 2.71. The maximum absolute atomic E-state index is 12.4. The monoisotopic (exact) mass is 335 g/mol. The van der Waals surface area contributed by atoms with Gasteiger partial charge in [-0.2, -0.15) is 0 Å². The molecule has 0 radical (unpaired) electrons. The zero-order valence-electron chi connectivity index (χ0n) is 14.3. The van der Waals surface area contributed by atoms with E-state index in [4.69, 9.17) is 0 Å². The van der Waals surface area contributed by atoms with Crippen molar-refractivity contribution in [1.29, 1.82) is 0 Å². The van der Waals surface area contributed by atoms with Crippen LogP contribution in [0.15, 0.2) is 30.3 Å². The Bertz CT molecular complexity index is 664. The second kappa shape index (κ2) is 8.75. The number of rotatable bonds is 6. The van der Waals surface area contributed by atoms with Gasteiger partial charge in [-0.05, 0) is 45.0 Å². The molecule has 5 heteroatoms. The molecule has 1 heterocycles. The Morgan fingerprint density at radius 1 is 1.13 bits per heavy atom. The molecule has 0 bridgehead atoms. The highest BCUT2D eigenvalue weighted by molar-refractivity contribution is 5.95. The van der Waals surface area contributed by atoms with E-state index in [0.717, 1.165) is 35.7 Å². The first-order chi connectivity index (χ1) is 10.6. The van der Waals surface area contributed by atoms with Crippen LogP contribution in [0.3, 0.4) is 0 Å². The van der Waals surface area contributed by atoms with Crippen LogP contribution in [0.5, 0.6) is 0 Å². The molecule has 0 aliphatic carbocycles. The van der Waals surface area contributed by atoms with Crippen LogP contribution in [0.25, 0.3) is 5.69 Å². The van der Waals surface area contributed by atoms with Gasteiger partial charge in [-0.25, -0.2) is 0 Å². The smallest absolute Gasteiger partial charge is 0.253 e. The van der Waals surface area contributed by atoms with Crippen LogP contribution < -0.4 is 10.6 Å². The average Bonchev–Trinajstić information content (AvgIpc) is 2.79. The highest BCUT2D eigenvalue weighted by atomic mass is 35.5. The van der Waals surface area contributed by atoms with Gasteiger partial charge >= 0.3 is 0 Å². The summed E-state index contributed by atoms with van der Waals surface area (Å²) in [4.78, 5) is 12.4. The SMILES string of the molecule is CCNCCNC(=O)c1cc(C)n(-c2ccccc2C)c1C.Cl. The van der Waals surface area contributed by atoms with E-state index in [0.29, 0.717) is 6.54 Å². The second-order valence-corrected chi connectivity index (χ2v) is 5.52. The highest BCUT2D eigenvalue weighted by Gasteiger charge is 2.16. The normalized spacial score (nSPS) is 10.3. The van der Waals surface area contributed by atoms with Crippen molar-refractivity contribution < 1.29 is 4.79 Å². The summed E-state index contributed by atoms with van der Waals surface area (Å²) in [6.07, 6.45) is 0. The number of hydrogen-bond acceptors (Lipinski definition) is 2. The van der Waals surface area contributed by atoms with Gasteiger partial charge in [0.1, 0.15) is 0 Å². The number of nitrogens with one attached hydrogen (secondary N) is 2. The number of para-hydroxylation sites is 1. The minimum absolute atomic E-state index is 0. The third kappa shape index (κ3) is 4.36. The number of aromatic nitrogens is 1. The van der Waals surface area contributed by atoms with Crippen molar-refractivity contribution in [2.24, 2.45) is 0 Å². The molecule has 1 aromatic carbocycles. The predicted molar refractivity (Wildman–Crippen MR) is 98.1 cm³/mol. The van der Waals surface area contributed by atoms with Crippen LogP contribution in [0.4, 0.5) is 0 Å². The van der Waals surface area contributed by atoms with Crippen molar-refractivity contribution in [1.82, 2.24) is 15.2 Å². The Morgan fingerprint density at radius 3 is 2.48 bits per heavy atom. The van der Waals surface area contributed by atoms with Crippen LogP contribution in [-0.4, -0.2) is 30.1 Å². The van der Waals surface area contributed by atoms with Crippen LogP contribution in [0.1, 0.15) is 34.2 Å². The molecular weight excluding hydrogens is 310 g/mol. The van der Waals surface area contributed by atoms with Crippen molar-refractivity contribution in [3.63, 3.8) is 0 Å². The summed E-state index contributed by atoms with van der Waals surface area (Å²) < 4.78 is 2.15. The molecule has 0 atom stereocenters. The lowest BCUT2D eigenvalue weighted by Crippen LogP contribution is -2.31. The van der Waals surface area contributed by atoms with E-state index in [1.54, 1.807) is 0 Å². The van der Waals surface area contributed by atoms with E-state index in [1.165, 1.54) is 5.56 Å². The first-order valence-electron chi connectivity index (χ1n) is 7.80. The van der Waals surface area contributed by atoms with E-state index in [9.17, 15) is 4.79 Å². The average molecular weight is 336 g/mol. The van der Waals surface area contributed by atoms with E-state index in [1.807, 2.05) is 32.0 Å². The van der Waals surface area contributed by atoms with Crippen molar-refractivity contribution in [2.45, 2.75) is 27.7 Å². The first kappa shape index (κ1) is 19.3. The number of likely N-dealkylation sites (N-methyl/N-ethyl adjacent to an activating group) is 1. The zero-order chi connectivity index (χ0) is 16.1. The summed E-state index contributed by atoms with van der Waals surface area (Å²) in [5.41, 5.74) is 5.13. The Balaban J connectivity index is 0.00000264. The minimum Gasteiger partial charge on any atom is -0.351 e. The quantitative estimate of drug-likeness (QED) is 0.796. The number of benzene rings is 1. The van der Waals surface area contributed by atoms with Gasteiger partial charge in [0.05, 0.1) is 5.56 Å². The Labute approximate surface area is 144 Å². The van der Waals surface area contributed by atoms with Crippen molar-refractivity contribution in [2.75, 3.05) is 19.6 Å². The van der Waals surface area contributed by atoms with Gasteiger partial charge < -0.3 is 15.2 Å². The van der Waals surface area contributed by atoms with Crippen LogP contribution in [0.2, 0.25) is 0 Å². The number of aryl methyl sites for hydroxylation is 2. The summed E-state index contributed by atoms with van der Waals surface area (Å²) in [6, 6.07) is 10.2. The topological polar surface area (TPSA) is 46.1 Å². The van der Waals surface area contributed by atoms with E-state index in [2.05, 4.69) is 41.2 Å². The molecule has 1 aromatic heterocycles. The van der Waals surface area contributed by atoms with Crippen molar-refractivity contribution in [3.8, 4) is 5.69 Å². The third-order valence-corrected chi connectivity index (χ3v) is 3.87. The molecular formula is C18H26ClN3O. The minimum atomic E-state index is -0.00848. The van der Waals surface area contributed by atoms with Crippen molar-refractivity contribution >= 4 is 18.3 Å². The molecule has 2 rings (SSSR count). The van der Waals surface area contributed by atoms with Crippen molar-refractivity contribution in [3.05, 3.63) is 52.8 Å². The summed E-state index contributed by atoms with van der Waals surface area (Å²) >= 11 is 0. The molecule has 0 unspecified atom stereocenters. The maximum atomic E-state index is 12.4. The maximum Gasteiger partial charge on any atom is 0.253 e. The molecule has 126 valence electrons. The fourth-order valence-corrected chi connectivity index (χ4v) is 2.71. The number of nitrogens with zero attached hydrogens (tertiary/aromatic N) is 1. The molecule has 0 aliphatic rings. The van der Waals surface area contributed by atoms with Gasteiger partial charge in [-0.1, -0.05) is 25.1 Å². The number of carbonyl (C=O) groups is 1. The molecule has 0 saturated heterocycles. The standard InChI is InChI=1S/C18H25N3O.ClH/c1-5-19-10-11-20-18(22)16-12-14(3)21(15(16)4)17-9-7-6-8-13(17)2;/h6-9,12,19H,5,10-11H2,1-4H3,(H,20,22);1H. The Morgan fingerprint density at radius 2 is 1.83 bits per heavy atom. The van der Waals surface area contributed by atoms with Crippen LogP contribution in [0, 0.1) is 20.8 Å². The number of halogens is 1. The van der Waals surface area contributed by atoms with Gasteiger partial charge in [0.15, 0.2) is 0 Å². The van der Waals surface area contributed by atoms with Crippen LogP contribution >= 0.6 is 12.4 Å². The number of carbonyl (C=O) groups excluding carboxylic acids is 1. The lowest BCUT2D eigenvalue weighted by Gasteiger charge is -2.12. The molecule has 2 aromatic rings. The fraction of sp³-hybridized carbons (Fsp3) is 0.389. The number of amides is 1. The summed E-state index contributed by atoms with van der Waals surface area (Å²) in [7, 11) is 0. The van der Waals surface area contributed by atoms with Crippen LogP contribution in [-0.2, 0) is 0 Å². The first-order valence-corrected chi connectivity index (χ1v) is 7.80. The predicted octanol–water partition coefficient (Wildman–Crippen LogP) is 3.16. The lowest BCUT2D eigenvalue weighted by atomic mass is 10.2. The van der Waals surface area contributed by atoms with Gasteiger partial charge in [0.25, 0.3) is 5.91 Å². The molecule has 2 N–H and O–H groups in total. The molecule has 4 nitrogen and oxygen atoms in total. The Kier molecular flexibility index (Phi) is 7.33. The molecule has 0 saturated carbocycles. The van der Waals surface area contributed by atoms with Gasteiger partial charge in [-0.3, -0.25) is 4.79 Å². The molecule has 0 spiro atoms. The van der Waals surface area contributed by atoms with Gasteiger partial charge in [0, 0.05) is 30.2 Å². The molecule has 1 amide bonds. The van der Waals surface area contributed by atoms with Gasteiger partial charge in [0.2, 0.25) is 0 Å². The van der Waals surface area contributed by atoms with Gasteiger partial charge in [-0.15, -0.1) is 12.4 Å². The third-order valence-electron chi connectivity index (χ3n) is 3.87.